The summed E-state index contributed by atoms with van der Waals surface area (Å²) >= 11 is 7.59. The second-order valence-electron chi connectivity index (χ2n) is 13.2. The van der Waals surface area contributed by atoms with Crippen LogP contribution in [-0.4, -0.2) is 58.6 Å². The molecule has 0 aliphatic carbocycles. The van der Waals surface area contributed by atoms with Crippen LogP contribution in [0.3, 0.4) is 0 Å². The summed E-state index contributed by atoms with van der Waals surface area (Å²) < 4.78 is 34.6. The molecule has 11 heteroatoms. The van der Waals surface area contributed by atoms with Gasteiger partial charge in [0.2, 0.25) is 0 Å². The Kier molecular flexibility index (Phi) is 11.7. The molecule has 1 fully saturated rings. The third-order valence-electron chi connectivity index (χ3n) is 9.52. The Morgan fingerprint density at radius 2 is 1.63 bits per heavy atom. The van der Waals surface area contributed by atoms with E-state index in [4.69, 9.17) is 16.3 Å². The van der Waals surface area contributed by atoms with Gasteiger partial charge in [0.25, 0.3) is 15.9 Å². The SMILES string of the molecule is Cc1cc(S(=O)(=O)NC(=O)c2ccc(N3CCN(Cc4ccccc4-c4ccc(Cl)cc4)CC3)cc2Sc2ccccc2)ccc1NCC1=CCOC=C1. The van der Waals surface area contributed by atoms with Crippen molar-refractivity contribution in [2.75, 3.05) is 49.5 Å². The summed E-state index contributed by atoms with van der Waals surface area (Å²) in [7, 11) is -4.15. The van der Waals surface area contributed by atoms with Crippen molar-refractivity contribution in [3.05, 3.63) is 161 Å². The summed E-state index contributed by atoms with van der Waals surface area (Å²) in [4.78, 5) is 20.2. The highest BCUT2D eigenvalue weighted by atomic mass is 35.5. The molecule has 0 spiro atoms. The lowest BCUT2D eigenvalue weighted by atomic mass is 9.99. The number of carbonyl (C=O) groups is 1. The number of hydrogen-bond acceptors (Lipinski definition) is 8. The van der Waals surface area contributed by atoms with E-state index in [0.717, 1.165) is 70.7 Å². The molecular formula is C43H41ClN4O4S2. The highest BCUT2D eigenvalue weighted by molar-refractivity contribution is 7.99. The van der Waals surface area contributed by atoms with Crippen LogP contribution >= 0.6 is 23.4 Å². The van der Waals surface area contributed by atoms with Crippen LogP contribution in [0.5, 0.6) is 0 Å². The maximum atomic E-state index is 13.8. The minimum atomic E-state index is -4.15. The van der Waals surface area contributed by atoms with Crippen molar-refractivity contribution in [3.63, 3.8) is 0 Å². The van der Waals surface area contributed by atoms with Crippen molar-refractivity contribution in [3.8, 4) is 11.1 Å². The van der Waals surface area contributed by atoms with Crippen LogP contribution in [0.2, 0.25) is 5.02 Å². The number of hydrogen-bond donors (Lipinski definition) is 2. The second kappa shape index (κ2) is 17.0. The number of aryl methyl sites for hydroxylation is 1. The first-order valence-electron chi connectivity index (χ1n) is 17.8. The number of benzene rings is 5. The fourth-order valence-corrected chi connectivity index (χ4v) is 8.72. The molecule has 5 aromatic rings. The number of amides is 1. The maximum absolute atomic E-state index is 13.8. The zero-order valence-corrected chi connectivity index (χ0v) is 32.3. The lowest BCUT2D eigenvalue weighted by molar-refractivity contribution is 0.0978. The van der Waals surface area contributed by atoms with E-state index >= 15 is 0 Å². The van der Waals surface area contributed by atoms with Crippen LogP contribution < -0.4 is 14.9 Å². The Labute approximate surface area is 326 Å². The van der Waals surface area contributed by atoms with Crippen LogP contribution in [0.4, 0.5) is 11.4 Å². The van der Waals surface area contributed by atoms with Gasteiger partial charge < -0.3 is 15.0 Å². The number of nitrogens with one attached hydrogen (secondary N) is 2. The first kappa shape index (κ1) is 37.3. The fourth-order valence-electron chi connectivity index (χ4n) is 6.55. The number of carbonyl (C=O) groups excluding carboxylic acids is 1. The van der Waals surface area contributed by atoms with Crippen LogP contribution in [-0.2, 0) is 21.3 Å². The number of sulfonamides is 1. The molecular weight excluding hydrogens is 736 g/mol. The fraction of sp³-hybridized carbons (Fsp3) is 0.186. The molecule has 0 radical (unpaired) electrons. The van der Waals surface area contributed by atoms with Gasteiger partial charge in [0.1, 0.15) is 6.61 Å². The Balaban J connectivity index is 1.04. The summed E-state index contributed by atoms with van der Waals surface area (Å²) in [6, 6.07) is 36.7. The molecule has 8 nitrogen and oxygen atoms in total. The van der Waals surface area contributed by atoms with Crippen molar-refractivity contribution < 1.29 is 17.9 Å². The first-order chi connectivity index (χ1) is 26.2. The number of nitrogens with zero attached hydrogens (tertiary/aromatic N) is 2. The predicted octanol–water partition coefficient (Wildman–Crippen LogP) is 8.79. The molecule has 2 N–H and O–H groups in total. The van der Waals surface area contributed by atoms with Crippen LogP contribution in [0.1, 0.15) is 21.5 Å². The van der Waals surface area contributed by atoms with Gasteiger partial charge in [-0.15, -0.1) is 0 Å². The molecule has 2 heterocycles. The van der Waals surface area contributed by atoms with E-state index in [9.17, 15) is 13.2 Å². The third kappa shape index (κ3) is 9.19. The molecule has 7 rings (SSSR count). The van der Waals surface area contributed by atoms with E-state index in [0.29, 0.717) is 23.6 Å². The average Bonchev–Trinajstić information content (AvgIpc) is 3.19. The minimum Gasteiger partial charge on any atom is -0.497 e. The molecule has 0 bridgehead atoms. The monoisotopic (exact) mass is 776 g/mol. The zero-order chi connectivity index (χ0) is 37.5. The molecule has 1 saturated heterocycles. The van der Waals surface area contributed by atoms with Gasteiger partial charge in [0.15, 0.2) is 0 Å². The van der Waals surface area contributed by atoms with Gasteiger partial charge in [-0.25, -0.2) is 13.1 Å². The summed E-state index contributed by atoms with van der Waals surface area (Å²) in [6.45, 7) is 7.14. The Morgan fingerprint density at radius 1 is 0.870 bits per heavy atom. The lowest BCUT2D eigenvalue weighted by Gasteiger charge is -2.36. The van der Waals surface area contributed by atoms with Gasteiger partial charge in [-0.3, -0.25) is 9.69 Å². The van der Waals surface area contributed by atoms with E-state index in [-0.39, 0.29) is 4.90 Å². The summed E-state index contributed by atoms with van der Waals surface area (Å²) in [6.07, 6.45) is 5.54. The highest BCUT2D eigenvalue weighted by Gasteiger charge is 2.24. The average molecular weight is 777 g/mol. The molecule has 2 aliphatic heterocycles. The van der Waals surface area contributed by atoms with Crippen LogP contribution in [0.25, 0.3) is 11.1 Å². The molecule has 5 aromatic carbocycles. The first-order valence-corrected chi connectivity index (χ1v) is 20.5. The standard InChI is InChI=1S/C43H41ClN4O4S2/c1-31-27-38(16-18-41(31)45-29-32-19-25-52-26-20-32)54(50,51)46-43(49)40-17-15-36(28-42(40)53-37-8-3-2-4-9-37)48-23-21-47(22-24-48)30-34-7-5-6-10-39(34)33-11-13-35(44)14-12-33/h2-20,25,27-28,45H,21-24,26,29-30H2,1H3,(H,46,49). The number of piperazine rings is 1. The van der Waals surface area contributed by atoms with Crippen LogP contribution in [0, 0.1) is 6.92 Å². The van der Waals surface area contributed by atoms with Gasteiger partial charge in [0.05, 0.1) is 16.7 Å². The van der Waals surface area contributed by atoms with E-state index in [1.54, 1.807) is 24.5 Å². The Hall–Kier alpha value is -5.00. The summed E-state index contributed by atoms with van der Waals surface area (Å²) in [5, 5.41) is 4.06. The third-order valence-corrected chi connectivity index (χ3v) is 12.2. The van der Waals surface area contributed by atoms with E-state index in [2.05, 4.69) is 56.2 Å². The van der Waals surface area contributed by atoms with Gasteiger partial charge in [-0.2, -0.15) is 0 Å². The zero-order valence-electron chi connectivity index (χ0n) is 29.9. The van der Waals surface area contributed by atoms with Crippen molar-refractivity contribution >= 4 is 50.7 Å². The van der Waals surface area contributed by atoms with Gasteiger partial charge in [-0.1, -0.05) is 78.0 Å². The molecule has 54 heavy (non-hydrogen) atoms. The molecule has 2 aliphatic rings. The van der Waals surface area contributed by atoms with Crippen molar-refractivity contribution in [1.29, 1.82) is 0 Å². The smallest absolute Gasteiger partial charge is 0.266 e. The van der Waals surface area contributed by atoms with Gasteiger partial charge >= 0.3 is 0 Å². The lowest BCUT2D eigenvalue weighted by Crippen LogP contribution is -2.46. The summed E-state index contributed by atoms with van der Waals surface area (Å²) in [5.74, 6) is -0.678. The molecule has 1 amide bonds. The number of halogens is 1. The topological polar surface area (TPSA) is 91.0 Å². The second-order valence-corrected chi connectivity index (χ2v) is 16.4. The van der Waals surface area contributed by atoms with Crippen molar-refractivity contribution in [2.24, 2.45) is 0 Å². The summed E-state index contributed by atoms with van der Waals surface area (Å²) in [5.41, 5.74) is 7.53. The van der Waals surface area contributed by atoms with E-state index in [1.807, 2.05) is 73.7 Å². The molecule has 0 atom stereocenters. The van der Waals surface area contributed by atoms with Gasteiger partial charge in [-0.05, 0) is 108 Å². The van der Waals surface area contributed by atoms with Crippen LogP contribution in [0.15, 0.2) is 154 Å². The molecule has 0 aromatic heterocycles. The largest absolute Gasteiger partial charge is 0.497 e. The Morgan fingerprint density at radius 3 is 2.37 bits per heavy atom. The molecule has 0 unspecified atom stereocenters. The molecule has 276 valence electrons. The van der Waals surface area contributed by atoms with E-state index < -0.39 is 15.9 Å². The normalized spacial score (nSPS) is 14.6. The number of anilines is 2. The van der Waals surface area contributed by atoms with Crippen molar-refractivity contribution in [2.45, 2.75) is 28.2 Å². The highest BCUT2D eigenvalue weighted by Crippen LogP contribution is 2.35. The predicted molar refractivity (Wildman–Crippen MR) is 219 cm³/mol. The van der Waals surface area contributed by atoms with E-state index in [1.165, 1.54) is 29.0 Å². The van der Waals surface area contributed by atoms with Gasteiger partial charge in [0, 0.05) is 65.5 Å². The maximum Gasteiger partial charge on any atom is 0.266 e. The number of ether oxygens (including phenoxy) is 1. The van der Waals surface area contributed by atoms with Crippen molar-refractivity contribution in [1.82, 2.24) is 9.62 Å². The quantitative estimate of drug-likeness (QED) is 0.130. The minimum absolute atomic E-state index is 0.0200. The Bertz CT molecular complexity index is 2290. The number of rotatable bonds is 12. The molecule has 0 saturated carbocycles.